The van der Waals surface area contributed by atoms with Gasteiger partial charge in [0.2, 0.25) is 0 Å². The summed E-state index contributed by atoms with van der Waals surface area (Å²) in [6.45, 7) is 6.09. The molecule has 0 fully saturated rings. The highest BCUT2D eigenvalue weighted by molar-refractivity contribution is 5.98. The van der Waals surface area contributed by atoms with Crippen molar-refractivity contribution in [2.75, 3.05) is 6.61 Å². The summed E-state index contributed by atoms with van der Waals surface area (Å²) in [6.07, 6.45) is 2.00. The van der Waals surface area contributed by atoms with Crippen molar-refractivity contribution in [1.82, 2.24) is 10.8 Å². The number of nitrogens with two attached hydrogens (primary N) is 1. The molecule has 1 aromatic rings. The van der Waals surface area contributed by atoms with Crippen molar-refractivity contribution >= 4 is 11.8 Å². The summed E-state index contributed by atoms with van der Waals surface area (Å²) in [5.41, 5.74) is 7.11. The quantitative estimate of drug-likeness (QED) is 0.324. The zero-order valence-electron chi connectivity index (χ0n) is 12.5. The van der Waals surface area contributed by atoms with Crippen LogP contribution in [0.25, 0.3) is 0 Å². The number of ether oxygens (including phenoxy) is 1. The Morgan fingerprint density at radius 3 is 2.50 bits per heavy atom. The number of carbonyl (C=O) groups is 2. The van der Waals surface area contributed by atoms with Crippen molar-refractivity contribution in [1.29, 1.82) is 0 Å². The monoisotopic (exact) mass is 307 g/mol. The lowest BCUT2D eigenvalue weighted by Gasteiger charge is -2.16. The van der Waals surface area contributed by atoms with E-state index < -0.39 is 17.9 Å². The van der Waals surface area contributed by atoms with Gasteiger partial charge in [-0.1, -0.05) is 19.9 Å². The Morgan fingerprint density at radius 1 is 1.36 bits per heavy atom. The number of hydroxylamine groups is 1. The SMILES string of the molecule is C=C(N)[C@H](NC(=O)c1ccc(OCCCC)cc1)C(=O)NO. The maximum absolute atomic E-state index is 12.0. The molecule has 1 atom stereocenters. The standard InChI is InChI=1S/C15H21N3O4/c1-3-4-9-22-12-7-5-11(6-8-12)14(19)17-13(10(2)16)15(20)18-21/h5-8,13,21H,2-4,9,16H2,1H3,(H,17,19)(H,18,20)/t13-/m0/s1. The molecule has 2 amide bonds. The van der Waals surface area contributed by atoms with E-state index in [1.165, 1.54) is 5.48 Å². The van der Waals surface area contributed by atoms with Gasteiger partial charge in [-0.15, -0.1) is 0 Å². The summed E-state index contributed by atoms with van der Waals surface area (Å²) >= 11 is 0. The molecule has 0 saturated carbocycles. The minimum atomic E-state index is -1.21. The lowest BCUT2D eigenvalue weighted by molar-refractivity contribution is -0.130. The van der Waals surface area contributed by atoms with Gasteiger partial charge in [0, 0.05) is 11.3 Å². The topological polar surface area (TPSA) is 114 Å². The molecule has 1 aromatic carbocycles. The van der Waals surface area contributed by atoms with Gasteiger partial charge in [0.15, 0.2) is 0 Å². The van der Waals surface area contributed by atoms with Crippen LogP contribution in [0.4, 0.5) is 0 Å². The van der Waals surface area contributed by atoms with Gasteiger partial charge in [-0.3, -0.25) is 14.8 Å². The highest BCUT2D eigenvalue weighted by Crippen LogP contribution is 2.13. The van der Waals surface area contributed by atoms with Crippen LogP contribution in [0, 0.1) is 0 Å². The van der Waals surface area contributed by atoms with Crippen LogP contribution in [0.15, 0.2) is 36.5 Å². The van der Waals surface area contributed by atoms with Crippen LogP contribution in [-0.4, -0.2) is 29.7 Å². The van der Waals surface area contributed by atoms with Crippen LogP contribution in [0.3, 0.4) is 0 Å². The first-order valence-electron chi connectivity index (χ1n) is 6.91. The maximum atomic E-state index is 12.0. The first-order valence-corrected chi connectivity index (χ1v) is 6.91. The second-order valence-corrected chi connectivity index (χ2v) is 4.68. The molecule has 0 aliphatic heterocycles. The van der Waals surface area contributed by atoms with Gasteiger partial charge < -0.3 is 15.8 Å². The van der Waals surface area contributed by atoms with Gasteiger partial charge in [-0.05, 0) is 30.7 Å². The number of rotatable bonds is 8. The molecule has 0 unspecified atom stereocenters. The highest BCUT2D eigenvalue weighted by Gasteiger charge is 2.22. The molecule has 0 aromatic heterocycles. The van der Waals surface area contributed by atoms with E-state index in [-0.39, 0.29) is 5.70 Å². The van der Waals surface area contributed by atoms with E-state index in [1.54, 1.807) is 24.3 Å². The Kier molecular flexibility index (Phi) is 6.91. The van der Waals surface area contributed by atoms with E-state index in [2.05, 4.69) is 18.8 Å². The number of amides is 2. The average molecular weight is 307 g/mol. The third-order valence-electron chi connectivity index (χ3n) is 2.90. The van der Waals surface area contributed by atoms with Crippen molar-refractivity contribution in [2.24, 2.45) is 5.73 Å². The Hall–Kier alpha value is -2.54. The predicted molar refractivity (Wildman–Crippen MR) is 81.4 cm³/mol. The van der Waals surface area contributed by atoms with Gasteiger partial charge in [0.25, 0.3) is 11.8 Å². The summed E-state index contributed by atoms with van der Waals surface area (Å²) < 4.78 is 5.49. The zero-order valence-corrected chi connectivity index (χ0v) is 12.5. The predicted octanol–water partition coefficient (Wildman–Crippen LogP) is 0.942. The zero-order chi connectivity index (χ0) is 16.5. The number of benzene rings is 1. The molecule has 5 N–H and O–H groups in total. The molecule has 0 spiro atoms. The molecule has 0 saturated heterocycles. The Bertz CT molecular complexity index is 528. The van der Waals surface area contributed by atoms with E-state index in [4.69, 9.17) is 15.7 Å². The summed E-state index contributed by atoms with van der Waals surface area (Å²) in [4.78, 5) is 23.4. The van der Waals surface area contributed by atoms with Crippen LogP contribution < -0.4 is 21.3 Å². The summed E-state index contributed by atoms with van der Waals surface area (Å²) in [7, 11) is 0. The van der Waals surface area contributed by atoms with Crippen molar-refractivity contribution in [3.8, 4) is 5.75 Å². The fourth-order valence-corrected chi connectivity index (χ4v) is 1.64. The molecule has 7 nitrogen and oxygen atoms in total. The van der Waals surface area contributed by atoms with Crippen LogP contribution in [0.2, 0.25) is 0 Å². The van der Waals surface area contributed by atoms with Crippen molar-refractivity contribution in [3.05, 3.63) is 42.1 Å². The van der Waals surface area contributed by atoms with Crippen LogP contribution in [0.1, 0.15) is 30.1 Å². The average Bonchev–Trinajstić information content (AvgIpc) is 2.52. The fraction of sp³-hybridized carbons (Fsp3) is 0.333. The van der Waals surface area contributed by atoms with Gasteiger partial charge in [0.05, 0.1) is 6.61 Å². The summed E-state index contributed by atoms with van der Waals surface area (Å²) in [6, 6.07) is 5.28. The third kappa shape index (κ3) is 5.10. The minimum absolute atomic E-state index is 0.0839. The number of unbranched alkanes of at least 4 members (excludes halogenated alkanes) is 1. The molecular formula is C15H21N3O4. The number of hydrogen-bond donors (Lipinski definition) is 4. The maximum Gasteiger partial charge on any atom is 0.272 e. The van der Waals surface area contributed by atoms with Gasteiger partial charge in [-0.25, -0.2) is 5.48 Å². The van der Waals surface area contributed by atoms with E-state index in [1.807, 2.05) is 0 Å². The van der Waals surface area contributed by atoms with E-state index in [0.717, 1.165) is 12.8 Å². The van der Waals surface area contributed by atoms with E-state index in [9.17, 15) is 9.59 Å². The molecule has 0 radical (unpaired) electrons. The molecule has 1 rings (SSSR count). The lowest BCUT2D eigenvalue weighted by Crippen LogP contribution is -2.48. The minimum Gasteiger partial charge on any atom is -0.494 e. The number of hydrogen-bond acceptors (Lipinski definition) is 5. The summed E-state index contributed by atoms with van der Waals surface area (Å²) in [5, 5.41) is 11.0. The van der Waals surface area contributed by atoms with Gasteiger partial charge in [-0.2, -0.15) is 0 Å². The first-order chi connectivity index (χ1) is 10.5. The van der Waals surface area contributed by atoms with Crippen LogP contribution in [-0.2, 0) is 4.79 Å². The second kappa shape index (κ2) is 8.68. The number of nitrogens with one attached hydrogen (secondary N) is 2. The van der Waals surface area contributed by atoms with Crippen LogP contribution >= 0.6 is 0 Å². The molecule has 0 aliphatic carbocycles. The molecule has 0 bridgehead atoms. The number of carbonyl (C=O) groups excluding carboxylic acids is 2. The fourth-order valence-electron chi connectivity index (χ4n) is 1.64. The molecule has 7 heteroatoms. The van der Waals surface area contributed by atoms with Crippen molar-refractivity contribution < 1.29 is 19.5 Å². The lowest BCUT2D eigenvalue weighted by atomic mass is 10.1. The van der Waals surface area contributed by atoms with Gasteiger partial charge >= 0.3 is 0 Å². The Morgan fingerprint density at radius 2 is 2.00 bits per heavy atom. The molecule has 120 valence electrons. The highest BCUT2D eigenvalue weighted by atomic mass is 16.5. The molecule has 0 heterocycles. The molecule has 22 heavy (non-hydrogen) atoms. The van der Waals surface area contributed by atoms with Crippen molar-refractivity contribution in [2.45, 2.75) is 25.8 Å². The summed E-state index contributed by atoms with van der Waals surface area (Å²) in [5.74, 6) is -0.710. The van der Waals surface area contributed by atoms with Gasteiger partial charge in [0.1, 0.15) is 11.8 Å². The largest absolute Gasteiger partial charge is 0.494 e. The van der Waals surface area contributed by atoms with E-state index in [0.29, 0.717) is 17.9 Å². The first kappa shape index (κ1) is 17.5. The van der Waals surface area contributed by atoms with Crippen molar-refractivity contribution in [3.63, 3.8) is 0 Å². The van der Waals surface area contributed by atoms with E-state index >= 15 is 0 Å². The third-order valence-corrected chi connectivity index (χ3v) is 2.90. The Balaban J connectivity index is 2.68. The second-order valence-electron chi connectivity index (χ2n) is 4.68. The molecule has 0 aliphatic rings. The molecular weight excluding hydrogens is 286 g/mol. The van der Waals surface area contributed by atoms with Crippen LogP contribution in [0.5, 0.6) is 5.75 Å². The normalized spacial score (nSPS) is 11.4. The smallest absolute Gasteiger partial charge is 0.272 e. The Labute approximate surface area is 129 Å².